The van der Waals surface area contributed by atoms with Crippen LogP contribution >= 0.6 is 0 Å². The molecule has 1 fully saturated rings. The molecule has 0 bridgehead atoms. The molecule has 0 radical (unpaired) electrons. The lowest BCUT2D eigenvalue weighted by molar-refractivity contribution is -0.132. The monoisotopic (exact) mass is 344 g/mol. The predicted octanol–water partition coefficient (Wildman–Crippen LogP) is 3.12. The Morgan fingerprint density at radius 3 is 2.60 bits per heavy atom. The van der Waals surface area contributed by atoms with Crippen LogP contribution in [0, 0.1) is 5.82 Å². The van der Waals surface area contributed by atoms with Gasteiger partial charge in [0.15, 0.2) is 5.76 Å². The average molecular weight is 344 g/mol. The van der Waals surface area contributed by atoms with Gasteiger partial charge in [-0.25, -0.2) is 4.39 Å². The second-order valence-corrected chi connectivity index (χ2v) is 6.22. The minimum absolute atomic E-state index is 0.0686. The Balaban J connectivity index is 1.45. The molecule has 5 nitrogen and oxygen atoms in total. The number of hydrogen-bond donors (Lipinski definition) is 1. The smallest absolute Gasteiger partial charge is 0.286 e. The van der Waals surface area contributed by atoms with Crippen molar-refractivity contribution in [1.82, 2.24) is 10.2 Å². The van der Waals surface area contributed by atoms with E-state index in [0.29, 0.717) is 25.9 Å². The molecule has 0 atom stereocenters. The molecule has 0 spiro atoms. The fourth-order valence-corrected chi connectivity index (χ4v) is 2.67. The molecule has 1 aromatic carbocycles. The standard InChI is InChI=1S/C19H21FN2O3/c20-15-7-5-14(6-8-15)13-22(16-9-10-16)18(23)4-1-11-21-19(24)17-3-2-12-25-17/h2-3,5-8,12,16H,1,4,9-11,13H2,(H,21,24). The average Bonchev–Trinajstić information content (AvgIpc) is 3.30. The van der Waals surface area contributed by atoms with Crippen LogP contribution in [0.3, 0.4) is 0 Å². The van der Waals surface area contributed by atoms with Gasteiger partial charge >= 0.3 is 0 Å². The normalized spacial score (nSPS) is 13.5. The molecule has 25 heavy (non-hydrogen) atoms. The van der Waals surface area contributed by atoms with Gasteiger partial charge in [-0.1, -0.05) is 12.1 Å². The minimum atomic E-state index is -0.277. The first kappa shape index (κ1) is 17.2. The molecule has 0 aliphatic heterocycles. The number of furan rings is 1. The number of hydrogen-bond acceptors (Lipinski definition) is 3. The molecule has 6 heteroatoms. The van der Waals surface area contributed by atoms with E-state index in [4.69, 9.17) is 4.42 Å². The number of nitrogens with zero attached hydrogens (tertiary/aromatic N) is 1. The zero-order valence-corrected chi connectivity index (χ0v) is 13.9. The molecule has 0 saturated heterocycles. The highest BCUT2D eigenvalue weighted by molar-refractivity contribution is 5.91. The quantitative estimate of drug-likeness (QED) is 0.749. The molecule has 132 valence electrons. The third kappa shape index (κ3) is 4.92. The molecule has 3 rings (SSSR count). The maximum absolute atomic E-state index is 13.0. The highest BCUT2D eigenvalue weighted by atomic mass is 19.1. The fraction of sp³-hybridized carbons (Fsp3) is 0.368. The topological polar surface area (TPSA) is 62.6 Å². The van der Waals surface area contributed by atoms with Crippen LogP contribution < -0.4 is 5.32 Å². The van der Waals surface area contributed by atoms with Crippen LogP contribution in [0.1, 0.15) is 41.8 Å². The number of benzene rings is 1. The van der Waals surface area contributed by atoms with E-state index in [2.05, 4.69) is 5.32 Å². The van der Waals surface area contributed by atoms with Crippen molar-refractivity contribution in [3.8, 4) is 0 Å². The van der Waals surface area contributed by atoms with Crippen molar-refractivity contribution >= 4 is 11.8 Å². The number of halogens is 1. The van der Waals surface area contributed by atoms with E-state index in [1.165, 1.54) is 18.4 Å². The zero-order valence-electron chi connectivity index (χ0n) is 13.9. The minimum Gasteiger partial charge on any atom is -0.459 e. The van der Waals surface area contributed by atoms with Crippen LogP contribution in [0.4, 0.5) is 4.39 Å². The molecule has 2 amide bonds. The lowest BCUT2D eigenvalue weighted by Gasteiger charge is -2.22. The van der Waals surface area contributed by atoms with Crippen molar-refractivity contribution in [1.29, 1.82) is 0 Å². The highest BCUT2D eigenvalue weighted by Crippen LogP contribution is 2.29. The van der Waals surface area contributed by atoms with Gasteiger partial charge in [-0.05, 0) is 49.1 Å². The SMILES string of the molecule is O=C(NCCCC(=O)N(Cc1ccc(F)cc1)C1CC1)c1ccco1. The van der Waals surface area contributed by atoms with E-state index in [0.717, 1.165) is 18.4 Å². The molecule has 1 heterocycles. The summed E-state index contributed by atoms with van der Waals surface area (Å²) >= 11 is 0. The van der Waals surface area contributed by atoms with Gasteiger partial charge in [0.25, 0.3) is 5.91 Å². The summed E-state index contributed by atoms with van der Waals surface area (Å²) in [5.74, 6) is -0.218. The summed E-state index contributed by atoms with van der Waals surface area (Å²) in [5, 5.41) is 2.74. The van der Waals surface area contributed by atoms with Gasteiger partial charge in [0.1, 0.15) is 5.82 Å². The summed E-state index contributed by atoms with van der Waals surface area (Å²) in [5.41, 5.74) is 0.924. The van der Waals surface area contributed by atoms with Crippen LogP contribution in [-0.4, -0.2) is 29.3 Å². The van der Waals surface area contributed by atoms with Crippen molar-refractivity contribution in [3.63, 3.8) is 0 Å². The van der Waals surface area contributed by atoms with Crippen molar-refractivity contribution in [3.05, 3.63) is 59.8 Å². The Morgan fingerprint density at radius 2 is 1.96 bits per heavy atom. The predicted molar refractivity (Wildman–Crippen MR) is 90.2 cm³/mol. The Hall–Kier alpha value is -2.63. The van der Waals surface area contributed by atoms with E-state index >= 15 is 0 Å². The molecule has 0 unspecified atom stereocenters. The Kier molecular flexibility index (Phi) is 5.48. The first-order valence-corrected chi connectivity index (χ1v) is 8.49. The third-order valence-electron chi connectivity index (χ3n) is 4.17. The number of carbonyl (C=O) groups excluding carboxylic acids is 2. The summed E-state index contributed by atoms with van der Waals surface area (Å²) in [6, 6.07) is 9.78. The van der Waals surface area contributed by atoms with E-state index < -0.39 is 0 Å². The van der Waals surface area contributed by atoms with Crippen LogP contribution in [0.5, 0.6) is 0 Å². The van der Waals surface area contributed by atoms with E-state index in [1.54, 1.807) is 24.3 Å². The second kappa shape index (κ2) is 7.96. The van der Waals surface area contributed by atoms with Crippen molar-refractivity contribution in [2.75, 3.05) is 6.54 Å². The maximum atomic E-state index is 13.0. The number of amides is 2. The first-order valence-electron chi connectivity index (χ1n) is 8.49. The van der Waals surface area contributed by atoms with E-state index in [1.807, 2.05) is 4.90 Å². The van der Waals surface area contributed by atoms with Gasteiger partial charge in [0, 0.05) is 25.6 Å². The summed E-state index contributed by atoms with van der Waals surface area (Å²) < 4.78 is 18.0. The Bertz CT molecular complexity index is 709. The van der Waals surface area contributed by atoms with Crippen LogP contribution in [0.15, 0.2) is 47.1 Å². The third-order valence-corrected chi connectivity index (χ3v) is 4.17. The lowest BCUT2D eigenvalue weighted by Crippen LogP contribution is -2.33. The number of rotatable bonds is 8. The van der Waals surface area contributed by atoms with E-state index in [-0.39, 0.29) is 29.4 Å². The Morgan fingerprint density at radius 1 is 1.20 bits per heavy atom. The van der Waals surface area contributed by atoms with Crippen LogP contribution in [0.2, 0.25) is 0 Å². The highest BCUT2D eigenvalue weighted by Gasteiger charge is 2.32. The molecule has 1 saturated carbocycles. The number of nitrogens with one attached hydrogen (secondary N) is 1. The van der Waals surface area contributed by atoms with Gasteiger partial charge in [0.05, 0.1) is 6.26 Å². The van der Waals surface area contributed by atoms with E-state index in [9.17, 15) is 14.0 Å². The molecular weight excluding hydrogens is 323 g/mol. The maximum Gasteiger partial charge on any atom is 0.286 e. The molecule has 1 aliphatic rings. The van der Waals surface area contributed by atoms with Gasteiger partial charge < -0.3 is 14.6 Å². The van der Waals surface area contributed by atoms with Crippen molar-refractivity contribution < 1.29 is 18.4 Å². The summed E-state index contributed by atoms with van der Waals surface area (Å²) in [7, 11) is 0. The summed E-state index contributed by atoms with van der Waals surface area (Å²) in [6.45, 7) is 0.920. The molecule has 1 N–H and O–H groups in total. The molecule has 1 aromatic heterocycles. The van der Waals surface area contributed by atoms with Crippen LogP contribution in [0.25, 0.3) is 0 Å². The second-order valence-electron chi connectivity index (χ2n) is 6.22. The van der Waals surface area contributed by atoms with Gasteiger partial charge in [-0.15, -0.1) is 0 Å². The molecular formula is C19H21FN2O3. The van der Waals surface area contributed by atoms with Crippen molar-refractivity contribution in [2.24, 2.45) is 0 Å². The van der Waals surface area contributed by atoms with Crippen LogP contribution in [-0.2, 0) is 11.3 Å². The Labute approximate surface area is 145 Å². The van der Waals surface area contributed by atoms with Gasteiger partial charge in [0.2, 0.25) is 5.91 Å². The van der Waals surface area contributed by atoms with Crippen molar-refractivity contribution in [2.45, 2.75) is 38.3 Å². The fourth-order valence-electron chi connectivity index (χ4n) is 2.67. The zero-order chi connectivity index (χ0) is 17.6. The summed E-state index contributed by atoms with van der Waals surface area (Å²) in [4.78, 5) is 26.1. The largest absolute Gasteiger partial charge is 0.459 e. The first-order chi connectivity index (χ1) is 12.1. The van der Waals surface area contributed by atoms with Gasteiger partial charge in [-0.2, -0.15) is 0 Å². The molecule has 1 aliphatic carbocycles. The molecule has 2 aromatic rings. The lowest BCUT2D eigenvalue weighted by atomic mass is 10.2. The van der Waals surface area contributed by atoms with Gasteiger partial charge in [-0.3, -0.25) is 9.59 Å². The number of carbonyl (C=O) groups is 2. The summed E-state index contributed by atoms with van der Waals surface area (Å²) in [6.07, 6.45) is 4.42.